The molecule has 0 bridgehead atoms. The average Bonchev–Trinajstić information content (AvgIpc) is 2.97. The van der Waals surface area contributed by atoms with Gasteiger partial charge in [0.1, 0.15) is 5.82 Å². The Kier molecular flexibility index (Phi) is 5.89. The van der Waals surface area contributed by atoms with Gasteiger partial charge in [-0.15, -0.1) is 0 Å². The fraction of sp³-hybridized carbons (Fsp3) is 0.259. The van der Waals surface area contributed by atoms with Crippen LogP contribution >= 0.6 is 11.6 Å². The lowest BCUT2D eigenvalue weighted by Gasteiger charge is -2.23. The molecule has 0 aromatic heterocycles. The first-order chi connectivity index (χ1) is 15.5. The van der Waals surface area contributed by atoms with Crippen LogP contribution in [-0.2, 0) is 22.4 Å². The van der Waals surface area contributed by atoms with E-state index in [-0.39, 0.29) is 28.3 Å². The number of carbonyl (C=O) groups is 2. The van der Waals surface area contributed by atoms with Crippen molar-refractivity contribution in [1.29, 1.82) is 0 Å². The SMILES string of the molecule is CC(C)(C)c1ccc(C(=O)CC2(O)C(=O)N(Cc3c(F)cccc3Cl)c3ccccc32)cc1. The van der Waals surface area contributed by atoms with Gasteiger partial charge in [-0.3, -0.25) is 9.59 Å². The van der Waals surface area contributed by atoms with E-state index in [1.54, 1.807) is 42.5 Å². The molecule has 1 atom stereocenters. The second-order valence-corrected chi connectivity index (χ2v) is 9.80. The van der Waals surface area contributed by atoms with Crippen molar-refractivity contribution in [2.45, 2.75) is 44.8 Å². The quantitative estimate of drug-likeness (QED) is 0.485. The number of carbonyl (C=O) groups excluding carboxylic acids is 2. The Balaban J connectivity index is 1.66. The molecule has 1 aliphatic rings. The molecule has 0 aliphatic carbocycles. The van der Waals surface area contributed by atoms with Gasteiger partial charge in [0, 0.05) is 21.7 Å². The van der Waals surface area contributed by atoms with Crippen LogP contribution in [0.1, 0.15) is 54.2 Å². The van der Waals surface area contributed by atoms with Crippen molar-refractivity contribution in [3.63, 3.8) is 0 Å². The zero-order chi connectivity index (χ0) is 24.0. The Morgan fingerprint density at radius 2 is 1.70 bits per heavy atom. The van der Waals surface area contributed by atoms with Crippen molar-refractivity contribution in [3.8, 4) is 0 Å². The Morgan fingerprint density at radius 3 is 2.33 bits per heavy atom. The van der Waals surface area contributed by atoms with Gasteiger partial charge in [0.2, 0.25) is 0 Å². The van der Waals surface area contributed by atoms with E-state index in [0.717, 1.165) is 5.56 Å². The van der Waals surface area contributed by atoms with E-state index >= 15 is 0 Å². The lowest BCUT2D eigenvalue weighted by Crippen LogP contribution is -2.41. The maximum Gasteiger partial charge on any atom is 0.264 e. The molecule has 1 N–H and O–H groups in total. The van der Waals surface area contributed by atoms with Gasteiger partial charge in [-0.2, -0.15) is 0 Å². The number of benzene rings is 3. The molecule has 0 saturated carbocycles. The minimum absolute atomic E-state index is 0.0609. The summed E-state index contributed by atoms with van der Waals surface area (Å²) in [7, 11) is 0. The molecule has 0 fully saturated rings. The van der Waals surface area contributed by atoms with Crippen molar-refractivity contribution in [3.05, 3.63) is 99.8 Å². The van der Waals surface area contributed by atoms with E-state index in [0.29, 0.717) is 16.8 Å². The first kappa shape index (κ1) is 23.1. The molecule has 4 rings (SSSR count). The maximum atomic E-state index is 14.4. The fourth-order valence-corrected chi connectivity index (χ4v) is 4.39. The molecule has 170 valence electrons. The molecule has 0 saturated heterocycles. The van der Waals surface area contributed by atoms with Gasteiger partial charge >= 0.3 is 0 Å². The summed E-state index contributed by atoms with van der Waals surface area (Å²) in [5.41, 5.74) is 0.284. The summed E-state index contributed by atoms with van der Waals surface area (Å²) < 4.78 is 14.4. The molecule has 3 aromatic rings. The molecule has 1 unspecified atom stereocenters. The Hall–Kier alpha value is -3.02. The predicted molar refractivity (Wildman–Crippen MR) is 127 cm³/mol. The molecule has 3 aromatic carbocycles. The summed E-state index contributed by atoms with van der Waals surface area (Å²) in [5.74, 6) is -1.58. The number of nitrogens with zero attached hydrogens (tertiary/aromatic N) is 1. The topological polar surface area (TPSA) is 57.6 Å². The number of Topliss-reactive ketones (excluding diaryl/α,β-unsaturated/α-hetero) is 1. The molecular formula is C27H25ClFNO3. The maximum absolute atomic E-state index is 14.4. The highest BCUT2D eigenvalue weighted by molar-refractivity contribution is 6.31. The lowest BCUT2D eigenvalue weighted by molar-refractivity contribution is -0.136. The highest BCUT2D eigenvalue weighted by Crippen LogP contribution is 2.44. The van der Waals surface area contributed by atoms with E-state index in [4.69, 9.17) is 11.6 Å². The minimum Gasteiger partial charge on any atom is -0.375 e. The number of hydrogen-bond acceptors (Lipinski definition) is 3. The number of aliphatic hydroxyl groups is 1. The highest BCUT2D eigenvalue weighted by atomic mass is 35.5. The molecule has 6 heteroatoms. The van der Waals surface area contributed by atoms with Crippen LogP contribution < -0.4 is 4.90 Å². The minimum atomic E-state index is -2.05. The van der Waals surface area contributed by atoms with Gasteiger partial charge in [-0.1, -0.05) is 80.9 Å². The van der Waals surface area contributed by atoms with Crippen LogP contribution in [0.3, 0.4) is 0 Å². The Labute approximate surface area is 197 Å². The van der Waals surface area contributed by atoms with E-state index in [9.17, 15) is 19.1 Å². The Bertz CT molecular complexity index is 1210. The van der Waals surface area contributed by atoms with E-state index in [2.05, 4.69) is 20.8 Å². The third kappa shape index (κ3) is 4.19. The molecular weight excluding hydrogens is 441 g/mol. The first-order valence-electron chi connectivity index (χ1n) is 10.7. The van der Waals surface area contributed by atoms with Gasteiger partial charge in [-0.25, -0.2) is 4.39 Å². The molecule has 0 radical (unpaired) electrons. The zero-order valence-electron chi connectivity index (χ0n) is 18.7. The lowest BCUT2D eigenvalue weighted by atomic mass is 9.85. The number of para-hydroxylation sites is 1. The fourth-order valence-electron chi connectivity index (χ4n) is 4.17. The van der Waals surface area contributed by atoms with Crippen LogP contribution in [0.15, 0.2) is 66.7 Å². The number of fused-ring (bicyclic) bond motifs is 1. The zero-order valence-corrected chi connectivity index (χ0v) is 19.5. The van der Waals surface area contributed by atoms with Crippen molar-refractivity contribution in [1.82, 2.24) is 0 Å². The summed E-state index contributed by atoms with van der Waals surface area (Å²) in [6.07, 6.45) is -0.417. The number of halogens is 2. The molecule has 4 nitrogen and oxygen atoms in total. The third-order valence-electron chi connectivity index (χ3n) is 6.11. The largest absolute Gasteiger partial charge is 0.375 e. The van der Waals surface area contributed by atoms with Gasteiger partial charge in [-0.05, 0) is 29.2 Å². The summed E-state index contributed by atoms with van der Waals surface area (Å²) >= 11 is 6.17. The van der Waals surface area contributed by atoms with Gasteiger partial charge in [0.25, 0.3) is 5.91 Å². The average molecular weight is 466 g/mol. The number of hydrogen-bond donors (Lipinski definition) is 1. The van der Waals surface area contributed by atoms with Crippen LogP contribution in [0.2, 0.25) is 5.02 Å². The smallest absolute Gasteiger partial charge is 0.264 e. The number of amides is 1. The summed E-state index contributed by atoms with van der Waals surface area (Å²) in [4.78, 5) is 27.8. The van der Waals surface area contributed by atoms with Crippen molar-refractivity contribution in [2.24, 2.45) is 0 Å². The van der Waals surface area contributed by atoms with Gasteiger partial charge < -0.3 is 10.0 Å². The number of rotatable bonds is 5. The van der Waals surface area contributed by atoms with Crippen molar-refractivity contribution in [2.75, 3.05) is 4.90 Å². The standard InChI is InChI=1S/C27H25ClFNO3/c1-26(2,3)18-13-11-17(12-14-18)24(31)15-27(33)20-7-4-5-10-23(20)30(25(27)32)16-19-21(28)8-6-9-22(19)29/h4-14,33H,15-16H2,1-3H3. The molecule has 33 heavy (non-hydrogen) atoms. The van der Waals surface area contributed by atoms with Gasteiger partial charge in [0.05, 0.1) is 18.7 Å². The van der Waals surface area contributed by atoms with Crippen LogP contribution in [0, 0.1) is 5.82 Å². The van der Waals surface area contributed by atoms with Crippen LogP contribution in [-0.4, -0.2) is 16.8 Å². The second-order valence-electron chi connectivity index (χ2n) is 9.40. The van der Waals surface area contributed by atoms with Crippen LogP contribution in [0.4, 0.5) is 10.1 Å². The second kappa shape index (κ2) is 8.40. The van der Waals surface area contributed by atoms with Crippen molar-refractivity contribution < 1.29 is 19.1 Å². The highest BCUT2D eigenvalue weighted by Gasteiger charge is 2.51. The first-order valence-corrected chi connectivity index (χ1v) is 11.1. The normalized spacial score (nSPS) is 17.9. The van der Waals surface area contributed by atoms with Gasteiger partial charge in [0.15, 0.2) is 11.4 Å². The predicted octanol–water partition coefficient (Wildman–Crippen LogP) is 5.78. The molecule has 0 spiro atoms. The Morgan fingerprint density at radius 1 is 1.03 bits per heavy atom. The molecule has 1 heterocycles. The number of ketones is 1. The van der Waals surface area contributed by atoms with Crippen LogP contribution in [0.25, 0.3) is 0 Å². The summed E-state index contributed by atoms with van der Waals surface area (Å²) in [6.45, 7) is 6.09. The van der Waals surface area contributed by atoms with E-state index in [1.165, 1.54) is 17.0 Å². The molecule has 1 amide bonds. The van der Waals surface area contributed by atoms with E-state index < -0.39 is 23.7 Å². The van der Waals surface area contributed by atoms with Crippen LogP contribution in [0.5, 0.6) is 0 Å². The molecule has 1 aliphatic heterocycles. The summed E-state index contributed by atoms with van der Waals surface area (Å²) in [5, 5.41) is 11.7. The van der Waals surface area contributed by atoms with Crippen molar-refractivity contribution >= 4 is 29.0 Å². The monoisotopic (exact) mass is 465 g/mol. The number of anilines is 1. The van der Waals surface area contributed by atoms with E-state index in [1.807, 2.05) is 12.1 Å². The summed E-state index contributed by atoms with van der Waals surface area (Å²) in [6, 6.07) is 18.2. The third-order valence-corrected chi connectivity index (χ3v) is 6.46.